The minimum Gasteiger partial charge on any atom is -0.390 e. The Morgan fingerprint density at radius 1 is 1.62 bits per heavy atom. The van der Waals surface area contributed by atoms with Crippen molar-refractivity contribution < 1.29 is 15.0 Å². The van der Waals surface area contributed by atoms with E-state index in [2.05, 4.69) is 5.10 Å². The van der Waals surface area contributed by atoms with Gasteiger partial charge >= 0.3 is 0 Å². The Morgan fingerprint density at radius 2 is 2.31 bits per heavy atom. The zero-order chi connectivity index (χ0) is 12.1. The molecule has 2 unspecified atom stereocenters. The highest BCUT2D eigenvalue weighted by Crippen LogP contribution is 2.19. The highest BCUT2D eigenvalue weighted by Gasteiger charge is 2.20. The van der Waals surface area contributed by atoms with E-state index >= 15 is 0 Å². The summed E-state index contributed by atoms with van der Waals surface area (Å²) >= 11 is 1.15. The number of aliphatic hydroxyl groups excluding tert-OH is 2. The molecule has 0 fully saturated rings. The molecule has 0 amide bonds. The first-order valence-electron chi connectivity index (χ1n) is 4.99. The number of carbonyl (C=O) groups excluding carboxylic acids is 1. The van der Waals surface area contributed by atoms with Gasteiger partial charge in [0.15, 0.2) is 5.12 Å². The molecule has 0 aliphatic carbocycles. The predicted molar refractivity (Wildman–Crippen MR) is 61.9 cm³/mol. The van der Waals surface area contributed by atoms with Crippen LogP contribution in [0.15, 0.2) is 12.3 Å². The number of hydrogen-bond donors (Lipinski definition) is 2. The maximum Gasteiger partial charge on any atom is 0.185 e. The van der Waals surface area contributed by atoms with Crippen LogP contribution in [0.4, 0.5) is 0 Å². The molecule has 0 aliphatic rings. The monoisotopic (exact) mass is 244 g/mol. The van der Waals surface area contributed by atoms with Crippen LogP contribution in [-0.2, 0) is 11.8 Å². The lowest BCUT2D eigenvalue weighted by Crippen LogP contribution is -2.21. The molecule has 1 aromatic rings. The first-order valence-corrected chi connectivity index (χ1v) is 5.98. The molecule has 0 aliphatic heterocycles. The van der Waals surface area contributed by atoms with Crippen molar-refractivity contribution in [3.05, 3.63) is 18.0 Å². The fourth-order valence-corrected chi connectivity index (χ4v) is 2.00. The summed E-state index contributed by atoms with van der Waals surface area (Å²) in [6.07, 6.45) is 0.105. The van der Waals surface area contributed by atoms with Crippen molar-refractivity contribution in [1.29, 1.82) is 0 Å². The van der Waals surface area contributed by atoms with Gasteiger partial charge in [0, 0.05) is 25.9 Å². The van der Waals surface area contributed by atoms with Crippen LogP contribution in [0, 0.1) is 0 Å². The number of aliphatic hydroxyl groups is 2. The number of nitrogens with zero attached hydrogens (tertiary/aromatic N) is 2. The number of carbonyl (C=O) groups is 1. The van der Waals surface area contributed by atoms with Crippen LogP contribution in [0.3, 0.4) is 0 Å². The van der Waals surface area contributed by atoms with E-state index in [1.807, 2.05) is 0 Å². The Morgan fingerprint density at radius 3 is 2.81 bits per heavy atom. The fourth-order valence-electron chi connectivity index (χ4n) is 1.35. The van der Waals surface area contributed by atoms with Gasteiger partial charge in [-0.25, -0.2) is 0 Å². The van der Waals surface area contributed by atoms with E-state index in [-0.39, 0.29) is 5.12 Å². The van der Waals surface area contributed by atoms with Crippen LogP contribution in [0.2, 0.25) is 0 Å². The first-order chi connectivity index (χ1) is 7.52. The van der Waals surface area contributed by atoms with Crippen LogP contribution in [0.1, 0.15) is 25.1 Å². The topological polar surface area (TPSA) is 75.3 Å². The van der Waals surface area contributed by atoms with Crippen molar-refractivity contribution in [2.75, 3.05) is 5.75 Å². The normalized spacial score (nSPS) is 14.8. The van der Waals surface area contributed by atoms with E-state index in [1.54, 1.807) is 19.3 Å². The molecule has 0 saturated carbocycles. The molecule has 1 aromatic heterocycles. The Kier molecular flexibility index (Phi) is 4.98. The molecule has 2 N–H and O–H groups in total. The van der Waals surface area contributed by atoms with Gasteiger partial charge in [0.05, 0.1) is 11.8 Å². The third kappa shape index (κ3) is 3.62. The third-order valence-electron chi connectivity index (χ3n) is 2.25. The van der Waals surface area contributed by atoms with Crippen molar-refractivity contribution in [3.63, 3.8) is 0 Å². The van der Waals surface area contributed by atoms with E-state index in [0.717, 1.165) is 11.8 Å². The van der Waals surface area contributed by atoms with Crippen molar-refractivity contribution in [3.8, 4) is 0 Å². The molecule has 0 radical (unpaired) electrons. The molecular formula is C10H16N2O3S. The van der Waals surface area contributed by atoms with Gasteiger partial charge in [-0.15, -0.1) is 0 Å². The summed E-state index contributed by atoms with van der Waals surface area (Å²) in [6.45, 7) is 1.48. The molecular weight excluding hydrogens is 228 g/mol. The van der Waals surface area contributed by atoms with Gasteiger partial charge in [-0.3, -0.25) is 9.48 Å². The van der Waals surface area contributed by atoms with E-state index in [9.17, 15) is 15.0 Å². The van der Waals surface area contributed by atoms with Crippen LogP contribution in [-0.4, -0.2) is 37.0 Å². The number of aryl methyl sites for hydroxylation is 1. The molecule has 0 spiro atoms. The summed E-state index contributed by atoms with van der Waals surface area (Å²) in [5, 5.41) is 23.5. The van der Waals surface area contributed by atoms with Gasteiger partial charge in [-0.1, -0.05) is 11.8 Å². The zero-order valence-corrected chi connectivity index (χ0v) is 10.1. The van der Waals surface area contributed by atoms with Crippen molar-refractivity contribution in [2.45, 2.75) is 25.6 Å². The maximum absolute atomic E-state index is 10.7. The molecule has 90 valence electrons. The average Bonchev–Trinajstić information content (AvgIpc) is 2.62. The Bertz CT molecular complexity index is 354. The van der Waals surface area contributed by atoms with E-state index in [1.165, 1.54) is 11.6 Å². The summed E-state index contributed by atoms with van der Waals surface area (Å²) < 4.78 is 1.52. The van der Waals surface area contributed by atoms with Crippen molar-refractivity contribution in [1.82, 2.24) is 9.78 Å². The fraction of sp³-hybridized carbons (Fsp3) is 0.600. The molecule has 2 atom stereocenters. The lowest BCUT2D eigenvalue weighted by Gasteiger charge is -2.17. The summed E-state index contributed by atoms with van der Waals surface area (Å²) in [6, 6.07) is 1.66. The van der Waals surface area contributed by atoms with Gasteiger partial charge in [0.1, 0.15) is 6.10 Å². The minimum atomic E-state index is -0.958. The molecule has 1 rings (SSSR count). The molecule has 5 nitrogen and oxygen atoms in total. The average molecular weight is 244 g/mol. The Labute approximate surface area is 98.5 Å². The zero-order valence-electron chi connectivity index (χ0n) is 9.33. The SMILES string of the molecule is CC(=O)SCCC(O)C(O)c1ccnn1C. The molecule has 6 heteroatoms. The molecule has 1 heterocycles. The first kappa shape index (κ1) is 13.2. The summed E-state index contributed by atoms with van der Waals surface area (Å²) in [5.41, 5.74) is 0.570. The quantitative estimate of drug-likeness (QED) is 0.788. The number of aromatic nitrogens is 2. The molecule has 0 bridgehead atoms. The van der Waals surface area contributed by atoms with Gasteiger partial charge in [-0.2, -0.15) is 5.10 Å². The summed E-state index contributed by atoms with van der Waals surface area (Å²) in [4.78, 5) is 10.7. The maximum atomic E-state index is 10.7. The van der Waals surface area contributed by atoms with Crippen molar-refractivity contribution in [2.24, 2.45) is 7.05 Å². The van der Waals surface area contributed by atoms with E-state index in [0.29, 0.717) is 17.9 Å². The lowest BCUT2D eigenvalue weighted by molar-refractivity contribution is -0.109. The van der Waals surface area contributed by atoms with E-state index < -0.39 is 12.2 Å². The third-order valence-corrected chi connectivity index (χ3v) is 3.09. The van der Waals surface area contributed by atoms with Crippen molar-refractivity contribution >= 4 is 16.9 Å². The summed E-state index contributed by atoms with van der Waals surface area (Å²) in [7, 11) is 1.70. The van der Waals surface area contributed by atoms with Gasteiger partial charge in [0.25, 0.3) is 0 Å². The predicted octanol–water partition coefficient (Wildman–Crippen LogP) is 0.484. The smallest absolute Gasteiger partial charge is 0.185 e. The van der Waals surface area contributed by atoms with Crippen LogP contribution in [0.25, 0.3) is 0 Å². The Balaban J connectivity index is 2.45. The highest BCUT2D eigenvalue weighted by atomic mass is 32.2. The Hall–Kier alpha value is -0.850. The second-order valence-corrected chi connectivity index (χ2v) is 4.79. The molecule has 0 saturated heterocycles. The summed E-state index contributed by atoms with van der Waals surface area (Å²) in [5.74, 6) is 0.505. The molecule has 0 aromatic carbocycles. The highest BCUT2D eigenvalue weighted by molar-refractivity contribution is 8.13. The van der Waals surface area contributed by atoms with Gasteiger partial charge in [0.2, 0.25) is 0 Å². The van der Waals surface area contributed by atoms with Gasteiger partial charge < -0.3 is 10.2 Å². The second kappa shape index (κ2) is 6.03. The largest absolute Gasteiger partial charge is 0.390 e. The van der Waals surface area contributed by atoms with Gasteiger partial charge in [-0.05, 0) is 12.5 Å². The lowest BCUT2D eigenvalue weighted by atomic mass is 10.1. The number of rotatable bonds is 5. The second-order valence-electron chi connectivity index (χ2n) is 3.52. The number of hydrogen-bond acceptors (Lipinski definition) is 5. The molecule has 16 heavy (non-hydrogen) atoms. The van der Waals surface area contributed by atoms with E-state index in [4.69, 9.17) is 0 Å². The van der Waals surface area contributed by atoms with Crippen LogP contribution >= 0.6 is 11.8 Å². The minimum absolute atomic E-state index is 0.0159. The van der Waals surface area contributed by atoms with Crippen LogP contribution in [0.5, 0.6) is 0 Å². The standard InChI is InChI=1S/C10H16N2O3S/c1-7(13)16-6-4-9(14)10(15)8-3-5-11-12(8)2/h3,5,9-10,14-15H,4,6H2,1-2H3. The number of thioether (sulfide) groups is 1. The van der Waals surface area contributed by atoms with Crippen LogP contribution < -0.4 is 0 Å².